The zero-order valence-electron chi connectivity index (χ0n) is 10.1. The van der Waals surface area contributed by atoms with Crippen molar-refractivity contribution in [1.82, 2.24) is 14.8 Å². The number of carbonyl (C=O) groups is 1. The highest BCUT2D eigenvalue weighted by molar-refractivity contribution is 9.10. The maximum absolute atomic E-state index is 11.6. The van der Waals surface area contributed by atoms with Crippen molar-refractivity contribution in [3.05, 3.63) is 34.6 Å². The normalized spacial score (nSPS) is 10.4. The molecule has 0 unspecified atom stereocenters. The van der Waals surface area contributed by atoms with Crippen LogP contribution in [0.3, 0.4) is 0 Å². The molecule has 0 saturated heterocycles. The number of benzene rings is 1. The standard InChI is InChI=1S/C12H12BrN3O2/c1-3-18-12(17)10-14-11(16(2)15-10)8-6-4-5-7-9(8)13/h4-7H,3H2,1-2H3. The second-order valence-electron chi connectivity index (χ2n) is 3.58. The van der Waals surface area contributed by atoms with E-state index < -0.39 is 5.97 Å². The van der Waals surface area contributed by atoms with Gasteiger partial charge in [-0.25, -0.2) is 14.5 Å². The number of carbonyl (C=O) groups excluding carboxylic acids is 1. The van der Waals surface area contributed by atoms with Crippen LogP contribution in [0.5, 0.6) is 0 Å². The lowest BCUT2D eigenvalue weighted by Crippen LogP contribution is -2.07. The van der Waals surface area contributed by atoms with Gasteiger partial charge >= 0.3 is 5.97 Å². The van der Waals surface area contributed by atoms with E-state index in [0.717, 1.165) is 10.0 Å². The summed E-state index contributed by atoms with van der Waals surface area (Å²) < 4.78 is 7.33. The molecule has 1 aromatic heterocycles. The summed E-state index contributed by atoms with van der Waals surface area (Å²) in [6.45, 7) is 2.05. The van der Waals surface area contributed by atoms with E-state index in [9.17, 15) is 4.79 Å². The van der Waals surface area contributed by atoms with E-state index in [4.69, 9.17) is 4.74 Å². The Labute approximate surface area is 113 Å². The molecule has 0 aliphatic carbocycles. The van der Waals surface area contributed by atoms with Crippen molar-refractivity contribution < 1.29 is 9.53 Å². The number of hydrogen-bond donors (Lipinski definition) is 0. The van der Waals surface area contributed by atoms with Crippen molar-refractivity contribution in [2.45, 2.75) is 6.92 Å². The number of halogens is 1. The van der Waals surface area contributed by atoms with E-state index in [1.54, 1.807) is 18.7 Å². The SMILES string of the molecule is CCOC(=O)c1nc(-c2ccccc2Br)n(C)n1. The van der Waals surface area contributed by atoms with Crippen LogP contribution in [0.25, 0.3) is 11.4 Å². The number of hydrogen-bond acceptors (Lipinski definition) is 4. The second-order valence-corrected chi connectivity index (χ2v) is 4.44. The third kappa shape index (κ3) is 2.43. The van der Waals surface area contributed by atoms with Gasteiger partial charge in [-0.1, -0.05) is 34.1 Å². The molecular formula is C12H12BrN3O2. The molecule has 2 rings (SSSR count). The average molecular weight is 310 g/mol. The van der Waals surface area contributed by atoms with E-state index >= 15 is 0 Å². The van der Waals surface area contributed by atoms with Gasteiger partial charge in [0.05, 0.1) is 6.61 Å². The van der Waals surface area contributed by atoms with Crippen LogP contribution in [0.1, 0.15) is 17.5 Å². The molecule has 0 spiro atoms. The monoisotopic (exact) mass is 309 g/mol. The van der Waals surface area contributed by atoms with E-state index in [-0.39, 0.29) is 5.82 Å². The zero-order chi connectivity index (χ0) is 13.1. The van der Waals surface area contributed by atoms with Crippen LogP contribution >= 0.6 is 15.9 Å². The molecule has 0 amide bonds. The van der Waals surface area contributed by atoms with Crippen molar-refractivity contribution in [2.24, 2.45) is 7.05 Å². The summed E-state index contributed by atoms with van der Waals surface area (Å²) in [5.74, 6) is 0.182. The van der Waals surface area contributed by atoms with E-state index in [2.05, 4.69) is 26.0 Å². The molecule has 1 aromatic carbocycles. The van der Waals surface area contributed by atoms with Crippen LogP contribution in [0.2, 0.25) is 0 Å². The Morgan fingerprint density at radius 1 is 1.44 bits per heavy atom. The van der Waals surface area contributed by atoms with Crippen LogP contribution in [-0.2, 0) is 11.8 Å². The minimum Gasteiger partial charge on any atom is -0.460 e. The van der Waals surface area contributed by atoms with Crippen molar-refractivity contribution >= 4 is 21.9 Å². The second kappa shape index (κ2) is 5.30. The van der Waals surface area contributed by atoms with Crippen LogP contribution < -0.4 is 0 Å². The summed E-state index contributed by atoms with van der Waals surface area (Å²) in [7, 11) is 1.74. The number of esters is 1. The smallest absolute Gasteiger partial charge is 0.378 e. The molecule has 2 aromatic rings. The topological polar surface area (TPSA) is 57.0 Å². The van der Waals surface area contributed by atoms with Gasteiger partial charge in [0.2, 0.25) is 0 Å². The maximum Gasteiger partial charge on any atom is 0.378 e. The van der Waals surface area contributed by atoms with Crippen molar-refractivity contribution in [3.8, 4) is 11.4 Å². The summed E-state index contributed by atoms with van der Waals surface area (Å²) in [6, 6.07) is 7.63. The predicted octanol–water partition coefficient (Wildman–Crippen LogP) is 2.42. The van der Waals surface area contributed by atoms with Gasteiger partial charge in [0.1, 0.15) is 0 Å². The molecule has 0 aliphatic rings. The molecule has 0 bridgehead atoms. The van der Waals surface area contributed by atoms with Gasteiger partial charge in [0.15, 0.2) is 5.82 Å². The summed E-state index contributed by atoms with van der Waals surface area (Å²) in [4.78, 5) is 15.8. The fraction of sp³-hybridized carbons (Fsp3) is 0.250. The highest BCUT2D eigenvalue weighted by Gasteiger charge is 2.17. The van der Waals surface area contributed by atoms with E-state index in [1.165, 1.54) is 0 Å². The Morgan fingerprint density at radius 2 is 2.17 bits per heavy atom. The first-order valence-corrected chi connectivity index (χ1v) is 6.26. The van der Waals surface area contributed by atoms with Crippen LogP contribution in [-0.4, -0.2) is 27.3 Å². The van der Waals surface area contributed by atoms with E-state index in [0.29, 0.717) is 12.4 Å². The van der Waals surface area contributed by atoms with Gasteiger partial charge < -0.3 is 4.74 Å². The van der Waals surface area contributed by atoms with Gasteiger partial charge in [-0.05, 0) is 13.0 Å². The Kier molecular flexibility index (Phi) is 3.76. The first-order valence-electron chi connectivity index (χ1n) is 5.46. The molecule has 0 atom stereocenters. The van der Waals surface area contributed by atoms with Crippen LogP contribution in [0.4, 0.5) is 0 Å². The van der Waals surface area contributed by atoms with Gasteiger partial charge in [0.25, 0.3) is 5.82 Å². The minimum absolute atomic E-state index is 0.0742. The lowest BCUT2D eigenvalue weighted by molar-refractivity contribution is 0.0512. The fourth-order valence-electron chi connectivity index (χ4n) is 1.54. The zero-order valence-corrected chi connectivity index (χ0v) is 11.6. The summed E-state index contributed by atoms with van der Waals surface area (Å²) in [5.41, 5.74) is 0.878. The molecule has 0 N–H and O–H groups in total. The summed E-state index contributed by atoms with van der Waals surface area (Å²) in [6.07, 6.45) is 0. The highest BCUT2D eigenvalue weighted by atomic mass is 79.9. The van der Waals surface area contributed by atoms with Gasteiger partial charge in [-0.2, -0.15) is 0 Å². The average Bonchev–Trinajstić information content (AvgIpc) is 2.72. The van der Waals surface area contributed by atoms with Crippen LogP contribution in [0, 0.1) is 0 Å². The number of aryl methyl sites for hydroxylation is 1. The predicted molar refractivity (Wildman–Crippen MR) is 70.1 cm³/mol. The number of nitrogens with zero attached hydrogens (tertiary/aromatic N) is 3. The molecule has 5 nitrogen and oxygen atoms in total. The Morgan fingerprint density at radius 3 is 2.83 bits per heavy atom. The van der Waals surface area contributed by atoms with Crippen molar-refractivity contribution in [1.29, 1.82) is 0 Å². The molecule has 6 heteroatoms. The quantitative estimate of drug-likeness (QED) is 0.817. The Hall–Kier alpha value is -1.69. The lowest BCUT2D eigenvalue weighted by Gasteiger charge is -2.01. The first kappa shape index (κ1) is 12.8. The summed E-state index contributed by atoms with van der Waals surface area (Å²) >= 11 is 3.45. The lowest BCUT2D eigenvalue weighted by atomic mass is 10.2. The largest absolute Gasteiger partial charge is 0.460 e. The Balaban J connectivity index is 2.42. The summed E-state index contributed by atoms with van der Waals surface area (Å²) in [5, 5.41) is 4.06. The van der Waals surface area contributed by atoms with Crippen molar-refractivity contribution in [3.63, 3.8) is 0 Å². The molecule has 1 heterocycles. The molecule has 0 radical (unpaired) electrons. The number of rotatable bonds is 3. The molecule has 0 fully saturated rings. The third-order valence-electron chi connectivity index (χ3n) is 2.34. The van der Waals surface area contributed by atoms with Crippen molar-refractivity contribution in [2.75, 3.05) is 6.61 Å². The van der Waals surface area contributed by atoms with Gasteiger partial charge in [0, 0.05) is 17.1 Å². The third-order valence-corrected chi connectivity index (χ3v) is 3.03. The first-order chi connectivity index (χ1) is 8.63. The Bertz CT molecular complexity index is 580. The molecule has 0 saturated carbocycles. The minimum atomic E-state index is -0.508. The molecule has 94 valence electrons. The van der Waals surface area contributed by atoms with Gasteiger partial charge in [-0.3, -0.25) is 0 Å². The van der Waals surface area contributed by atoms with E-state index in [1.807, 2.05) is 24.3 Å². The molecular weight excluding hydrogens is 298 g/mol. The highest BCUT2D eigenvalue weighted by Crippen LogP contribution is 2.26. The molecule has 18 heavy (non-hydrogen) atoms. The number of aromatic nitrogens is 3. The fourth-order valence-corrected chi connectivity index (χ4v) is 2.01. The number of ether oxygens (including phenoxy) is 1. The van der Waals surface area contributed by atoms with Gasteiger partial charge in [-0.15, -0.1) is 5.10 Å². The molecule has 0 aliphatic heterocycles. The maximum atomic E-state index is 11.6. The van der Waals surface area contributed by atoms with Crippen LogP contribution in [0.15, 0.2) is 28.7 Å².